The molecule has 1 aromatic heterocycles. The van der Waals surface area contributed by atoms with Gasteiger partial charge in [0.15, 0.2) is 0 Å². The van der Waals surface area contributed by atoms with Gasteiger partial charge in [0.1, 0.15) is 11.6 Å². The van der Waals surface area contributed by atoms with Crippen molar-refractivity contribution in [1.29, 1.82) is 0 Å². The fourth-order valence-corrected chi connectivity index (χ4v) is 1.56. The molecule has 2 aromatic rings. The van der Waals surface area contributed by atoms with Crippen molar-refractivity contribution >= 4 is 0 Å². The van der Waals surface area contributed by atoms with Crippen LogP contribution in [0.15, 0.2) is 30.6 Å². The van der Waals surface area contributed by atoms with Crippen LogP contribution in [0.25, 0.3) is 0 Å². The minimum Gasteiger partial charge on any atom is -0.306 e. The van der Waals surface area contributed by atoms with Gasteiger partial charge in [-0.3, -0.25) is 5.10 Å². The first-order valence-corrected chi connectivity index (χ1v) is 5.33. The van der Waals surface area contributed by atoms with Gasteiger partial charge in [-0.1, -0.05) is 0 Å². The van der Waals surface area contributed by atoms with Gasteiger partial charge < -0.3 is 5.32 Å². The van der Waals surface area contributed by atoms with E-state index in [1.807, 2.05) is 6.92 Å². The van der Waals surface area contributed by atoms with Crippen LogP contribution < -0.4 is 5.32 Å². The number of halogens is 2. The molecular weight excluding hydrogens is 224 g/mol. The Morgan fingerprint density at radius 1 is 1.41 bits per heavy atom. The van der Waals surface area contributed by atoms with Gasteiger partial charge in [0.25, 0.3) is 0 Å². The van der Waals surface area contributed by atoms with Gasteiger partial charge in [-0.2, -0.15) is 5.10 Å². The first kappa shape index (κ1) is 11.7. The van der Waals surface area contributed by atoms with Crippen LogP contribution in [0.4, 0.5) is 8.78 Å². The number of benzene rings is 1. The molecule has 0 bridgehead atoms. The van der Waals surface area contributed by atoms with Gasteiger partial charge >= 0.3 is 0 Å². The molecule has 1 atom stereocenters. The standard InChI is InChI=1S/C12H13F2N3/c1-8(10-6-16-17-7-10)15-5-9-4-11(13)2-3-12(9)14/h2-4,6-8,15H,5H2,1H3,(H,16,17). The largest absolute Gasteiger partial charge is 0.306 e. The summed E-state index contributed by atoms with van der Waals surface area (Å²) in [5.74, 6) is -0.836. The summed E-state index contributed by atoms with van der Waals surface area (Å²) in [5.41, 5.74) is 1.29. The van der Waals surface area contributed by atoms with Crippen molar-refractivity contribution in [3.05, 3.63) is 53.4 Å². The predicted octanol–water partition coefficient (Wildman–Crippen LogP) is 2.54. The highest BCUT2D eigenvalue weighted by Gasteiger charge is 2.08. The monoisotopic (exact) mass is 237 g/mol. The molecule has 0 saturated carbocycles. The van der Waals surface area contributed by atoms with E-state index >= 15 is 0 Å². The summed E-state index contributed by atoms with van der Waals surface area (Å²) in [6.07, 6.45) is 3.46. The quantitative estimate of drug-likeness (QED) is 0.857. The molecule has 0 fully saturated rings. The first-order valence-electron chi connectivity index (χ1n) is 5.33. The lowest BCUT2D eigenvalue weighted by atomic mass is 10.1. The number of hydrogen-bond acceptors (Lipinski definition) is 2. The minimum absolute atomic E-state index is 0.0245. The Morgan fingerprint density at radius 2 is 2.24 bits per heavy atom. The molecule has 0 aliphatic rings. The topological polar surface area (TPSA) is 40.7 Å². The maximum Gasteiger partial charge on any atom is 0.127 e. The van der Waals surface area contributed by atoms with Crippen molar-refractivity contribution in [2.75, 3.05) is 0 Å². The van der Waals surface area contributed by atoms with Gasteiger partial charge in [0.05, 0.1) is 6.20 Å². The second kappa shape index (κ2) is 5.05. The van der Waals surface area contributed by atoms with Crippen molar-refractivity contribution in [1.82, 2.24) is 15.5 Å². The molecule has 0 radical (unpaired) electrons. The molecule has 1 unspecified atom stereocenters. The zero-order valence-corrected chi connectivity index (χ0v) is 9.37. The van der Waals surface area contributed by atoms with E-state index < -0.39 is 11.6 Å². The molecule has 0 aliphatic heterocycles. The normalized spacial score (nSPS) is 12.6. The third kappa shape index (κ3) is 2.88. The second-order valence-electron chi connectivity index (χ2n) is 3.87. The summed E-state index contributed by atoms with van der Waals surface area (Å²) in [6.45, 7) is 2.21. The number of H-pyrrole nitrogens is 1. The Balaban J connectivity index is 2.00. The van der Waals surface area contributed by atoms with Crippen LogP contribution in [0, 0.1) is 11.6 Å². The Morgan fingerprint density at radius 3 is 2.94 bits per heavy atom. The number of nitrogens with zero attached hydrogens (tertiary/aromatic N) is 1. The van der Waals surface area contributed by atoms with Crippen LogP contribution in [0.3, 0.4) is 0 Å². The average molecular weight is 237 g/mol. The molecule has 0 saturated heterocycles. The van der Waals surface area contributed by atoms with Gasteiger partial charge in [-0.25, -0.2) is 8.78 Å². The summed E-state index contributed by atoms with van der Waals surface area (Å²) < 4.78 is 26.3. The van der Waals surface area contributed by atoms with Crippen molar-refractivity contribution in [2.45, 2.75) is 19.5 Å². The van der Waals surface area contributed by atoms with Gasteiger partial charge in [-0.05, 0) is 25.1 Å². The van der Waals surface area contributed by atoms with Crippen molar-refractivity contribution in [3.8, 4) is 0 Å². The molecule has 1 heterocycles. The Labute approximate surface area is 97.9 Å². The highest BCUT2D eigenvalue weighted by Crippen LogP contribution is 2.13. The van der Waals surface area contributed by atoms with Gasteiger partial charge in [0, 0.05) is 29.9 Å². The number of aromatic amines is 1. The number of hydrogen-bond donors (Lipinski definition) is 2. The summed E-state index contributed by atoms with van der Waals surface area (Å²) >= 11 is 0. The number of rotatable bonds is 4. The smallest absolute Gasteiger partial charge is 0.127 e. The highest BCUT2D eigenvalue weighted by atomic mass is 19.1. The molecular formula is C12H13F2N3. The van der Waals surface area contributed by atoms with Crippen molar-refractivity contribution in [2.24, 2.45) is 0 Å². The molecule has 0 spiro atoms. The lowest BCUT2D eigenvalue weighted by Crippen LogP contribution is -2.18. The van der Waals surface area contributed by atoms with E-state index in [2.05, 4.69) is 15.5 Å². The summed E-state index contributed by atoms with van der Waals surface area (Å²) in [5, 5.41) is 9.64. The molecule has 0 aliphatic carbocycles. The van der Waals surface area contributed by atoms with E-state index in [0.717, 1.165) is 17.7 Å². The van der Waals surface area contributed by atoms with Crippen molar-refractivity contribution < 1.29 is 8.78 Å². The Hall–Kier alpha value is -1.75. The van der Waals surface area contributed by atoms with Crippen LogP contribution in [-0.2, 0) is 6.54 Å². The first-order chi connectivity index (χ1) is 8.16. The van der Waals surface area contributed by atoms with Crippen molar-refractivity contribution in [3.63, 3.8) is 0 Å². The molecule has 2 rings (SSSR count). The van der Waals surface area contributed by atoms with Crippen LogP contribution in [0.5, 0.6) is 0 Å². The number of aromatic nitrogens is 2. The SMILES string of the molecule is CC(NCc1cc(F)ccc1F)c1cn[nH]c1. The van der Waals surface area contributed by atoms with E-state index in [9.17, 15) is 8.78 Å². The lowest BCUT2D eigenvalue weighted by Gasteiger charge is -2.12. The molecule has 17 heavy (non-hydrogen) atoms. The van der Waals surface area contributed by atoms with Crippen LogP contribution in [0.1, 0.15) is 24.1 Å². The maximum atomic E-state index is 13.3. The molecule has 1 aromatic carbocycles. The summed E-state index contributed by atoms with van der Waals surface area (Å²) in [7, 11) is 0. The number of nitrogens with one attached hydrogen (secondary N) is 2. The van der Waals surface area contributed by atoms with Gasteiger partial charge in [-0.15, -0.1) is 0 Å². The third-order valence-corrected chi connectivity index (χ3v) is 2.63. The molecule has 2 N–H and O–H groups in total. The Bertz CT molecular complexity index is 483. The molecule has 3 nitrogen and oxygen atoms in total. The highest BCUT2D eigenvalue weighted by molar-refractivity contribution is 5.19. The molecule has 0 amide bonds. The summed E-state index contributed by atoms with van der Waals surface area (Å²) in [6, 6.07) is 3.47. The second-order valence-corrected chi connectivity index (χ2v) is 3.87. The van der Waals surface area contributed by atoms with Crippen LogP contribution in [-0.4, -0.2) is 10.2 Å². The van der Waals surface area contributed by atoms with E-state index in [1.165, 1.54) is 6.07 Å². The average Bonchev–Trinajstić information content (AvgIpc) is 2.83. The zero-order valence-electron chi connectivity index (χ0n) is 9.37. The molecule has 90 valence electrons. The van der Waals surface area contributed by atoms with E-state index in [1.54, 1.807) is 12.4 Å². The fraction of sp³-hybridized carbons (Fsp3) is 0.250. The van der Waals surface area contributed by atoms with E-state index in [-0.39, 0.29) is 12.6 Å². The lowest BCUT2D eigenvalue weighted by molar-refractivity contribution is 0.535. The van der Waals surface area contributed by atoms with E-state index in [4.69, 9.17) is 0 Å². The Kier molecular flexibility index (Phi) is 3.49. The third-order valence-electron chi connectivity index (χ3n) is 2.63. The van der Waals surface area contributed by atoms with Gasteiger partial charge in [0.2, 0.25) is 0 Å². The zero-order chi connectivity index (χ0) is 12.3. The summed E-state index contributed by atoms with van der Waals surface area (Å²) in [4.78, 5) is 0. The van der Waals surface area contributed by atoms with E-state index in [0.29, 0.717) is 5.56 Å². The van der Waals surface area contributed by atoms with Crippen LogP contribution in [0.2, 0.25) is 0 Å². The minimum atomic E-state index is -0.431. The predicted molar refractivity (Wildman–Crippen MR) is 60.2 cm³/mol. The fourth-order valence-electron chi connectivity index (χ4n) is 1.56. The maximum absolute atomic E-state index is 13.3. The van der Waals surface area contributed by atoms with Crippen LogP contribution >= 0.6 is 0 Å². The molecule has 5 heteroatoms.